The minimum absolute atomic E-state index is 0.156. The molecule has 0 N–H and O–H groups in total. The van der Waals surface area contributed by atoms with Crippen molar-refractivity contribution in [1.82, 2.24) is 0 Å². The SMILES string of the molecule is CC(Br)CC(C)(C)Cc1ccc(Cl)c(F)c1. The topological polar surface area (TPSA) is 0 Å². The lowest BCUT2D eigenvalue weighted by molar-refractivity contribution is 0.334. The van der Waals surface area contributed by atoms with Crippen molar-refractivity contribution in [3.8, 4) is 0 Å². The van der Waals surface area contributed by atoms with Gasteiger partial charge in [-0.15, -0.1) is 0 Å². The van der Waals surface area contributed by atoms with Gasteiger partial charge >= 0.3 is 0 Å². The predicted molar refractivity (Wildman–Crippen MR) is 71.9 cm³/mol. The molecule has 0 spiro atoms. The molecule has 0 saturated heterocycles. The molecule has 1 aromatic carbocycles. The molecule has 1 unspecified atom stereocenters. The summed E-state index contributed by atoms with van der Waals surface area (Å²) in [4.78, 5) is 0.472. The van der Waals surface area contributed by atoms with Crippen LogP contribution in [0.2, 0.25) is 5.02 Å². The van der Waals surface area contributed by atoms with Crippen molar-refractivity contribution < 1.29 is 4.39 Å². The molecular formula is C13H17BrClF. The fourth-order valence-corrected chi connectivity index (χ4v) is 3.03. The fraction of sp³-hybridized carbons (Fsp3) is 0.538. The van der Waals surface area contributed by atoms with Crippen molar-refractivity contribution in [2.45, 2.75) is 38.4 Å². The second-order valence-electron chi connectivity index (χ2n) is 5.07. The highest BCUT2D eigenvalue weighted by molar-refractivity contribution is 9.09. The van der Waals surface area contributed by atoms with E-state index in [1.165, 1.54) is 6.07 Å². The Morgan fingerprint density at radius 3 is 2.56 bits per heavy atom. The number of benzene rings is 1. The lowest BCUT2D eigenvalue weighted by Crippen LogP contribution is -2.18. The van der Waals surface area contributed by atoms with Crippen LogP contribution >= 0.6 is 27.5 Å². The van der Waals surface area contributed by atoms with Gasteiger partial charge in [-0.25, -0.2) is 4.39 Å². The van der Waals surface area contributed by atoms with E-state index in [-0.39, 0.29) is 16.3 Å². The summed E-state index contributed by atoms with van der Waals surface area (Å²) in [6.45, 7) is 6.51. The van der Waals surface area contributed by atoms with Crippen molar-refractivity contribution in [3.63, 3.8) is 0 Å². The van der Waals surface area contributed by atoms with Gasteiger partial charge in [0.15, 0.2) is 0 Å². The molecular weight excluding hydrogens is 290 g/mol. The van der Waals surface area contributed by atoms with Gasteiger partial charge in [-0.05, 0) is 36.0 Å². The van der Waals surface area contributed by atoms with Crippen LogP contribution in [0.15, 0.2) is 18.2 Å². The predicted octanol–water partition coefficient (Wildman–Crippen LogP) is 5.22. The zero-order valence-corrected chi connectivity index (χ0v) is 12.2. The van der Waals surface area contributed by atoms with Gasteiger partial charge in [-0.1, -0.05) is 54.4 Å². The van der Waals surface area contributed by atoms with Gasteiger partial charge in [0.1, 0.15) is 5.82 Å². The largest absolute Gasteiger partial charge is 0.205 e. The van der Waals surface area contributed by atoms with Gasteiger partial charge in [0.2, 0.25) is 0 Å². The van der Waals surface area contributed by atoms with Gasteiger partial charge in [-0.3, -0.25) is 0 Å². The number of hydrogen-bond donors (Lipinski definition) is 0. The summed E-state index contributed by atoms with van der Waals surface area (Å²) in [6, 6.07) is 5.05. The molecule has 0 aliphatic rings. The average molecular weight is 308 g/mol. The first kappa shape index (κ1) is 14.0. The Bertz CT molecular complexity index is 361. The van der Waals surface area contributed by atoms with Crippen molar-refractivity contribution >= 4 is 27.5 Å². The summed E-state index contributed by atoms with van der Waals surface area (Å²) < 4.78 is 13.3. The molecule has 0 fully saturated rings. The summed E-state index contributed by atoms with van der Waals surface area (Å²) >= 11 is 9.21. The van der Waals surface area contributed by atoms with E-state index in [2.05, 4.69) is 36.7 Å². The van der Waals surface area contributed by atoms with E-state index in [0.29, 0.717) is 4.83 Å². The van der Waals surface area contributed by atoms with Crippen LogP contribution in [-0.2, 0) is 6.42 Å². The minimum Gasteiger partial charge on any atom is -0.205 e. The molecule has 90 valence electrons. The quantitative estimate of drug-likeness (QED) is 0.669. The van der Waals surface area contributed by atoms with Crippen LogP contribution in [0, 0.1) is 11.2 Å². The summed E-state index contributed by atoms with van der Waals surface area (Å²) in [5.74, 6) is -0.332. The molecule has 0 nitrogen and oxygen atoms in total. The monoisotopic (exact) mass is 306 g/mol. The number of rotatable bonds is 4. The first-order valence-corrected chi connectivity index (χ1v) is 6.67. The standard InChI is InChI=1S/C13H17BrClF/c1-9(14)7-13(2,3)8-10-4-5-11(15)12(16)6-10/h4-6,9H,7-8H2,1-3H3. The first-order valence-electron chi connectivity index (χ1n) is 5.38. The summed E-state index contributed by atoms with van der Waals surface area (Å²) in [5.41, 5.74) is 1.16. The molecule has 0 amide bonds. The highest BCUT2D eigenvalue weighted by Gasteiger charge is 2.21. The third-order valence-corrected chi connectivity index (χ3v) is 3.13. The van der Waals surface area contributed by atoms with Gasteiger partial charge in [0.05, 0.1) is 5.02 Å². The van der Waals surface area contributed by atoms with Crippen LogP contribution < -0.4 is 0 Å². The van der Waals surface area contributed by atoms with Crippen LogP contribution in [0.25, 0.3) is 0 Å². The second-order valence-corrected chi connectivity index (χ2v) is 7.04. The van der Waals surface area contributed by atoms with E-state index in [1.54, 1.807) is 6.07 Å². The fourth-order valence-electron chi connectivity index (χ4n) is 2.04. The first-order chi connectivity index (χ1) is 7.30. The van der Waals surface area contributed by atoms with Crippen molar-refractivity contribution in [1.29, 1.82) is 0 Å². The van der Waals surface area contributed by atoms with E-state index < -0.39 is 0 Å². The molecule has 0 bridgehead atoms. The Morgan fingerprint density at radius 2 is 2.06 bits per heavy atom. The number of halogens is 3. The van der Waals surface area contributed by atoms with Gasteiger partial charge < -0.3 is 0 Å². The lowest BCUT2D eigenvalue weighted by Gasteiger charge is -2.26. The summed E-state index contributed by atoms with van der Waals surface area (Å²) in [6.07, 6.45) is 1.91. The highest BCUT2D eigenvalue weighted by atomic mass is 79.9. The van der Waals surface area contributed by atoms with E-state index in [0.717, 1.165) is 18.4 Å². The lowest BCUT2D eigenvalue weighted by atomic mass is 9.82. The maximum absolute atomic E-state index is 13.3. The Morgan fingerprint density at radius 1 is 1.44 bits per heavy atom. The molecule has 0 saturated carbocycles. The molecule has 3 heteroatoms. The van der Waals surface area contributed by atoms with Crippen molar-refractivity contribution in [2.75, 3.05) is 0 Å². The zero-order valence-electron chi connectivity index (χ0n) is 9.86. The van der Waals surface area contributed by atoms with Crippen LogP contribution in [0.3, 0.4) is 0 Å². The molecule has 1 aromatic rings. The summed E-state index contributed by atoms with van der Waals surface area (Å²) in [5, 5.41) is 0.190. The normalized spacial score (nSPS) is 13.9. The van der Waals surface area contributed by atoms with Gasteiger partial charge in [0, 0.05) is 4.83 Å². The van der Waals surface area contributed by atoms with Crippen molar-refractivity contribution in [2.24, 2.45) is 5.41 Å². The van der Waals surface area contributed by atoms with E-state index in [1.807, 2.05) is 6.07 Å². The minimum atomic E-state index is -0.332. The van der Waals surface area contributed by atoms with Crippen LogP contribution in [0.4, 0.5) is 4.39 Å². The second kappa shape index (κ2) is 5.50. The molecule has 1 rings (SSSR count). The molecule has 0 aromatic heterocycles. The Labute approximate surface area is 110 Å². The highest BCUT2D eigenvalue weighted by Crippen LogP contribution is 2.30. The Hall–Kier alpha value is -0.0800. The third-order valence-electron chi connectivity index (χ3n) is 2.50. The molecule has 0 radical (unpaired) electrons. The molecule has 16 heavy (non-hydrogen) atoms. The molecule has 0 aliphatic heterocycles. The van der Waals surface area contributed by atoms with Crippen molar-refractivity contribution in [3.05, 3.63) is 34.6 Å². The zero-order chi connectivity index (χ0) is 12.3. The maximum Gasteiger partial charge on any atom is 0.142 e. The van der Waals surface area contributed by atoms with E-state index in [9.17, 15) is 4.39 Å². The number of alkyl halides is 1. The third kappa shape index (κ3) is 4.42. The van der Waals surface area contributed by atoms with Gasteiger partial charge in [0.25, 0.3) is 0 Å². The van der Waals surface area contributed by atoms with Crippen LogP contribution in [0.1, 0.15) is 32.8 Å². The smallest absolute Gasteiger partial charge is 0.142 e. The average Bonchev–Trinajstić information content (AvgIpc) is 2.08. The Balaban J connectivity index is 2.76. The molecule has 0 aliphatic carbocycles. The Kier molecular flexibility index (Phi) is 4.81. The summed E-state index contributed by atoms with van der Waals surface area (Å²) in [7, 11) is 0. The molecule has 1 atom stereocenters. The molecule has 0 heterocycles. The van der Waals surface area contributed by atoms with Gasteiger partial charge in [-0.2, -0.15) is 0 Å². The maximum atomic E-state index is 13.3. The number of hydrogen-bond acceptors (Lipinski definition) is 0. The van der Waals surface area contributed by atoms with E-state index >= 15 is 0 Å². The van der Waals surface area contributed by atoms with Crippen LogP contribution in [-0.4, -0.2) is 4.83 Å². The van der Waals surface area contributed by atoms with E-state index in [4.69, 9.17) is 11.6 Å². The van der Waals surface area contributed by atoms with Crippen LogP contribution in [0.5, 0.6) is 0 Å².